The van der Waals surface area contributed by atoms with Crippen LogP contribution in [0.15, 0.2) is 26.9 Å². The molecule has 0 aliphatic heterocycles. The molecule has 1 aromatic heterocycles. The van der Waals surface area contributed by atoms with Crippen molar-refractivity contribution in [2.24, 2.45) is 0 Å². The molecule has 8 heteroatoms. The second-order valence-corrected chi connectivity index (χ2v) is 9.40. The van der Waals surface area contributed by atoms with Crippen molar-refractivity contribution in [3.8, 4) is 5.75 Å². The van der Waals surface area contributed by atoms with Crippen LogP contribution in [0.5, 0.6) is 5.75 Å². The zero-order valence-corrected chi connectivity index (χ0v) is 17.3. The molecular formula is C17H23N3O2S3. The van der Waals surface area contributed by atoms with Gasteiger partial charge in [0.25, 0.3) is 0 Å². The number of carbonyl (C=O) groups excluding carboxylic acids is 1. The van der Waals surface area contributed by atoms with E-state index in [0.29, 0.717) is 11.4 Å². The molecule has 1 atom stereocenters. The van der Waals surface area contributed by atoms with Crippen LogP contribution in [0.3, 0.4) is 0 Å². The number of aryl methyl sites for hydroxylation is 1. The van der Waals surface area contributed by atoms with Crippen LogP contribution >= 0.6 is 34.9 Å². The molecule has 5 nitrogen and oxygen atoms in total. The molecule has 1 aromatic carbocycles. The molecule has 2 rings (SSSR count). The van der Waals surface area contributed by atoms with Crippen LogP contribution in [0.4, 0.5) is 5.69 Å². The second-order valence-electron chi connectivity index (χ2n) is 5.49. The molecule has 1 N–H and O–H groups in total. The third-order valence-electron chi connectivity index (χ3n) is 3.37. The van der Waals surface area contributed by atoms with Crippen LogP contribution in [0.2, 0.25) is 0 Å². The topological polar surface area (TPSA) is 64.1 Å². The Morgan fingerprint density at radius 3 is 2.84 bits per heavy atom. The number of nitrogens with zero attached hydrogens (tertiary/aromatic N) is 2. The van der Waals surface area contributed by atoms with Gasteiger partial charge in [-0.15, -0.1) is 10.2 Å². The summed E-state index contributed by atoms with van der Waals surface area (Å²) in [7, 11) is 1.59. The predicted octanol–water partition coefficient (Wildman–Crippen LogP) is 4.87. The van der Waals surface area contributed by atoms with Gasteiger partial charge >= 0.3 is 0 Å². The minimum Gasteiger partial charge on any atom is -0.495 e. The lowest BCUT2D eigenvalue weighted by Gasteiger charge is -2.13. The van der Waals surface area contributed by atoms with Crippen molar-refractivity contribution < 1.29 is 9.53 Å². The number of thioether (sulfide) groups is 2. The summed E-state index contributed by atoms with van der Waals surface area (Å²) in [6.07, 6.45) is 2.34. The van der Waals surface area contributed by atoms with Gasteiger partial charge < -0.3 is 10.1 Å². The molecule has 1 amide bonds. The van der Waals surface area contributed by atoms with Crippen LogP contribution < -0.4 is 10.1 Å². The van der Waals surface area contributed by atoms with Gasteiger partial charge in [0.1, 0.15) is 5.75 Å². The van der Waals surface area contributed by atoms with Gasteiger partial charge in [-0.1, -0.05) is 54.3 Å². The monoisotopic (exact) mass is 397 g/mol. The smallest absolute Gasteiger partial charge is 0.237 e. The molecule has 1 heterocycles. The molecule has 0 aliphatic carbocycles. The highest BCUT2D eigenvalue weighted by molar-refractivity contribution is 8.03. The Labute approximate surface area is 161 Å². The third-order valence-corrected chi connectivity index (χ3v) is 6.70. The minimum atomic E-state index is -0.272. The molecule has 2 aromatic rings. The Hall–Kier alpha value is -1.25. The highest BCUT2D eigenvalue weighted by atomic mass is 32.2. The standard InChI is InChI=1S/C17H23N3O2S3/c1-5-6-9-23-16-19-20-17(25-16)24-12(3)15(21)18-13-10-11(2)7-8-14(13)22-4/h7-8,10,12H,5-6,9H2,1-4H3,(H,18,21)/t12-/m1/s1. The van der Waals surface area contributed by atoms with Crippen molar-refractivity contribution in [1.29, 1.82) is 0 Å². The van der Waals surface area contributed by atoms with Gasteiger partial charge in [0.05, 0.1) is 18.0 Å². The van der Waals surface area contributed by atoms with E-state index in [2.05, 4.69) is 22.4 Å². The second kappa shape index (κ2) is 10.0. The molecule has 0 radical (unpaired) electrons. The normalized spacial score (nSPS) is 12.0. The number of benzene rings is 1. The number of carbonyl (C=O) groups is 1. The van der Waals surface area contributed by atoms with Crippen LogP contribution in [0.1, 0.15) is 32.3 Å². The first-order valence-electron chi connectivity index (χ1n) is 8.12. The van der Waals surface area contributed by atoms with Crippen molar-refractivity contribution in [2.75, 3.05) is 18.2 Å². The summed E-state index contributed by atoms with van der Waals surface area (Å²) >= 11 is 4.70. The van der Waals surface area contributed by atoms with E-state index in [1.807, 2.05) is 32.0 Å². The lowest BCUT2D eigenvalue weighted by Crippen LogP contribution is -2.22. The number of amides is 1. The first-order chi connectivity index (χ1) is 12.0. The van der Waals surface area contributed by atoms with Crippen molar-refractivity contribution in [1.82, 2.24) is 10.2 Å². The summed E-state index contributed by atoms with van der Waals surface area (Å²) < 4.78 is 7.08. The number of ether oxygens (including phenoxy) is 1. The van der Waals surface area contributed by atoms with E-state index in [1.165, 1.54) is 24.6 Å². The molecule has 0 saturated heterocycles. The van der Waals surface area contributed by atoms with Crippen LogP contribution in [-0.2, 0) is 4.79 Å². The van der Waals surface area contributed by atoms with Crippen LogP contribution in [0.25, 0.3) is 0 Å². The van der Waals surface area contributed by atoms with E-state index in [1.54, 1.807) is 30.2 Å². The molecule has 0 fully saturated rings. The maximum absolute atomic E-state index is 12.5. The van der Waals surface area contributed by atoms with Gasteiger partial charge in [0.2, 0.25) is 5.91 Å². The van der Waals surface area contributed by atoms with Gasteiger partial charge in [-0.05, 0) is 38.0 Å². The summed E-state index contributed by atoms with van der Waals surface area (Å²) in [6, 6.07) is 5.71. The number of anilines is 1. The number of nitrogens with one attached hydrogen (secondary N) is 1. The van der Waals surface area contributed by atoms with Gasteiger partial charge in [-0.3, -0.25) is 4.79 Å². The first kappa shape index (κ1) is 20.1. The van der Waals surface area contributed by atoms with Crippen molar-refractivity contribution in [3.63, 3.8) is 0 Å². The predicted molar refractivity (Wildman–Crippen MR) is 107 cm³/mol. The molecule has 0 bridgehead atoms. The molecule has 136 valence electrons. The maximum Gasteiger partial charge on any atom is 0.237 e. The van der Waals surface area contributed by atoms with Gasteiger partial charge in [0.15, 0.2) is 8.68 Å². The zero-order valence-electron chi connectivity index (χ0n) is 14.9. The molecule has 25 heavy (non-hydrogen) atoms. The van der Waals surface area contributed by atoms with Crippen molar-refractivity contribution in [2.45, 2.75) is 47.5 Å². The van der Waals surface area contributed by atoms with E-state index < -0.39 is 0 Å². The van der Waals surface area contributed by atoms with E-state index >= 15 is 0 Å². The molecule has 0 unspecified atom stereocenters. The number of unbranched alkanes of at least 4 members (excludes halogenated alkanes) is 1. The lowest BCUT2D eigenvalue weighted by atomic mass is 10.2. The molecule has 0 spiro atoms. The number of hydrogen-bond donors (Lipinski definition) is 1. The van der Waals surface area contributed by atoms with Crippen LogP contribution in [-0.4, -0.2) is 34.2 Å². The Morgan fingerprint density at radius 2 is 2.12 bits per heavy atom. The molecule has 0 aliphatic rings. The first-order valence-corrected chi connectivity index (χ1v) is 10.8. The summed E-state index contributed by atoms with van der Waals surface area (Å²) in [6.45, 7) is 6.02. The van der Waals surface area contributed by atoms with Gasteiger partial charge in [-0.25, -0.2) is 0 Å². The average Bonchev–Trinajstić information content (AvgIpc) is 3.02. The number of rotatable bonds is 9. The van der Waals surface area contributed by atoms with E-state index in [9.17, 15) is 4.79 Å². The summed E-state index contributed by atoms with van der Waals surface area (Å²) in [4.78, 5) is 12.5. The Bertz CT molecular complexity index is 706. The highest BCUT2D eigenvalue weighted by Gasteiger charge is 2.19. The fourth-order valence-corrected chi connectivity index (χ4v) is 5.28. The maximum atomic E-state index is 12.5. The number of aromatic nitrogens is 2. The average molecular weight is 398 g/mol. The van der Waals surface area contributed by atoms with Gasteiger partial charge in [-0.2, -0.15) is 0 Å². The van der Waals surface area contributed by atoms with Crippen molar-refractivity contribution in [3.05, 3.63) is 23.8 Å². The van der Waals surface area contributed by atoms with Crippen molar-refractivity contribution >= 4 is 46.5 Å². The summed E-state index contributed by atoms with van der Waals surface area (Å²) in [5.41, 5.74) is 1.75. The molecule has 0 saturated carbocycles. The SMILES string of the molecule is CCCCSc1nnc(S[C@H](C)C(=O)Nc2cc(C)ccc2OC)s1. The van der Waals surface area contributed by atoms with E-state index in [4.69, 9.17) is 4.74 Å². The van der Waals surface area contributed by atoms with E-state index in [0.717, 1.165) is 20.0 Å². The molecular weight excluding hydrogens is 374 g/mol. The van der Waals surface area contributed by atoms with Gasteiger partial charge in [0, 0.05) is 5.75 Å². The Kier molecular flexibility index (Phi) is 8.05. The van der Waals surface area contributed by atoms with E-state index in [-0.39, 0.29) is 11.2 Å². The zero-order chi connectivity index (χ0) is 18.2. The summed E-state index contributed by atoms with van der Waals surface area (Å²) in [5.74, 6) is 1.63. The largest absolute Gasteiger partial charge is 0.495 e. The Morgan fingerprint density at radius 1 is 1.36 bits per heavy atom. The van der Waals surface area contributed by atoms with Crippen LogP contribution in [0, 0.1) is 6.92 Å². The Balaban J connectivity index is 1.93. The number of methoxy groups -OCH3 is 1. The quantitative estimate of drug-likeness (QED) is 0.481. The minimum absolute atomic E-state index is 0.0794. The fourth-order valence-electron chi connectivity index (χ4n) is 1.97. The third kappa shape index (κ3) is 6.20. The lowest BCUT2D eigenvalue weighted by molar-refractivity contribution is -0.115. The number of hydrogen-bond acceptors (Lipinski definition) is 7. The highest BCUT2D eigenvalue weighted by Crippen LogP contribution is 2.32. The fraction of sp³-hybridized carbons (Fsp3) is 0.471. The summed E-state index contributed by atoms with van der Waals surface area (Å²) in [5, 5.41) is 11.0.